The monoisotopic (exact) mass is 538 g/mol. The van der Waals surface area contributed by atoms with Crippen LogP contribution in [0.15, 0.2) is 30.3 Å². The van der Waals surface area contributed by atoms with Gasteiger partial charge in [0.2, 0.25) is 12.2 Å². The summed E-state index contributed by atoms with van der Waals surface area (Å²) in [6.07, 6.45) is -6.44. The molecule has 1 saturated heterocycles. The Balaban J connectivity index is 2.17. The van der Waals surface area contributed by atoms with Crippen LogP contribution in [0.3, 0.4) is 0 Å². The van der Waals surface area contributed by atoms with Gasteiger partial charge in [-0.05, 0) is 5.56 Å². The molecule has 14 nitrogen and oxygen atoms in total. The average Bonchev–Trinajstić information content (AvgIpc) is 2.83. The van der Waals surface area contributed by atoms with Crippen molar-refractivity contribution < 1.29 is 57.2 Å². The number of amides is 2. The summed E-state index contributed by atoms with van der Waals surface area (Å²) in [6.45, 7) is 3.33. The maximum Gasteiger partial charge on any atom is 0.407 e. The molecule has 5 atom stereocenters. The van der Waals surface area contributed by atoms with Crippen LogP contribution in [0.4, 0.5) is 4.79 Å². The summed E-state index contributed by atoms with van der Waals surface area (Å²) in [5.41, 5.74) is 0.736. The molecule has 1 aromatic rings. The molecule has 0 spiro atoms. The van der Waals surface area contributed by atoms with Crippen molar-refractivity contribution in [1.82, 2.24) is 10.6 Å². The van der Waals surface area contributed by atoms with E-state index in [9.17, 15) is 28.8 Å². The van der Waals surface area contributed by atoms with E-state index in [1.54, 1.807) is 30.3 Å². The highest BCUT2D eigenvalue weighted by Gasteiger charge is 2.52. The summed E-state index contributed by atoms with van der Waals surface area (Å²) in [4.78, 5) is 71.5. The van der Waals surface area contributed by atoms with E-state index in [0.29, 0.717) is 0 Å². The largest absolute Gasteiger partial charge is 0.463 e. The molecule has 38 heavy (non-hydrogen) atoms. The van der Waals surface area contributed by atoms with Gasteiger partial charge >= 0.3 is 30.0 Å². The van der Waals surface area contributed by atoms with Crippen LogP contribution >= 0.6 is 0 Å². The maximum atomic E-state index is 12.7. The number of alkyl carbamates (subject to hydrolysis) is 1. The normalized spacial score (nSPS) is 22.3. The third-order valence-electron chi connectivity index (χ3n) is 4.92. The second-order valence-corrected chi connectivity index (χ2v) is 8.11. The zero-order valence-electron chi connectivity index (χ0n) is 21.3. The third kappa shape index (κ3) is 10.0. The molecule has 208 valence electrons. The second kappa shape index (κ2) is 14.5. The summed E-state index contributed by atoms with van der Waals surface area (Å²) in [6, 6.07) is 7.48. The van der Waals surface area contributed by atoms with Gasteiger partial charge in [-0.1, -0.05) is 30.3 Å². The number of carbonyl (C=O) groups is 6. The van der Waals surface area contributed by atoms with E-state index in [1.807, 2.05) is 0 Å². The van der Waals surface area contributed by atoms with E-state index in [-0.39, 0.29) is 6.61 Å². The number of esters is 4. The summed E-state index contributed by atoms with van der Waals surface area (Å²) in [5, 5.41) is 4.73. The van der Waals surface area contributed by atoms with Gasteiger partial charge in [-0.2, -0.15) is 0 Å². The van der Waals surface area contributed by atoms with E-state index in [2.05, 4.69) is 10.6 Å². The Kier molecular flexibility index (Phi) is 11.5. The van der Waals surface area contributed by atoms with Crippen molar-refractivity contribution in [3.63, 3.8) is 0 Å². The highest BCUT2D eigenvalue weighted by atomic mass is 16.7. The van der Waals surface area contributed by atoms with Gasteiger partial charge in [-0.3, -0.25) is 24.0 Å². The van der Waals surface area contributed by atoms with E-state index in [1.165, 1.54) is 0 Å². The second-order valence-electron chi connectivity index (χ2n) is 8.11. The first kappa shape index (κ1) is 30.0. The fourth-order valence-electron chi connectivity index (χ4n) is 3.48. The first-order valence-electron chi connectivity index (χ1n) is 11.5. The average molecular weight is 539 g/mol. The molecule has 1 aliphatic rings. The van der Waals surface area contributed by atoms with Crippen molar-refractivity contribution in [2.75, 3.05) is 13.2 Å². The third-order valence-corrected chi connectivity index (χ3v) is 4.92. The Morgan fingerprint density at radius 2 is 1.39 bits per heavy atom. The number of ether oxygens (including phenoxy) is 6. The predicted molar refractivity (Wildman–Crippen MR) is 125 cm³/mol. The van der Waals surface area contributed by atoms with E-state index in [4.69, 9.17) is 28.4 Å². The Hall–Kier alpha value is -4.20. The molecule has 0 saturated carbocycles. The first-order chi connectivity index (χ1) is 18.0. The number of carbonyl (C=O) groups excluding carboxylic acids is 6. The topological polar surface area (TPSA) is 182 Å². The standard InChI is InChI=1S/C24H30N2O12/c1-13(27)33-12-18-21(35-14(2)28)22(36-15(3)29)20(23(38-18)37-16(4)30)26-19(31)10-25-24(32)34-11-17-8-6-5-7-9-17/h5-9,18,20-23H,10-12H2,1-4H3,(H,25,32)(H,26,31)/t18-,20-,21+,22+,23+/m0/s1. The lowest BCUT2D eigenvalue weighted by Gasteiger charge is -2.44. The van der Waals surface area contributed by atoms with Crippen molar-refractivity contribution in [2.45, 2.75) is 64.9 Å². The van der Waals surface area contributed by atoms with Gasteiger partial charge in [0.05, 0.1) is 0 Å². The molecule has 0 bridgehead atoms. The SMILES string of the molecule is CC(=O)OC[C@@H]1O[C@@H](OC(C)=O)[C@@H](NC(=O)CNC(=O)OCc2ccccc2)[C@@H](OC(C)=O)[C@@H]1OC(C)=O. The number of hydrogen-bond acceptors (Lipinski definition) is 12. The number of rotatable bonds is 10. The van der Waals surface area contributed by atoms with Gasteiger partial charge in [0.25, 0.3) is 0 Å². The molecule has 2 rings (SSSR count). The van der Waals surface area contributed by atoms with Crippen molar-refractivity contribution in [3.8, 4) is 0 Å². The van der Waals surface area contributed by atoms with Crippen LogP contribution in [-0.2, 0) is 59.0 Å². The van der Waals surface area contributed by atoms with Crippen LogP contribution in [0.1, 0.15) is 33.3 Å². The highest BCUT2D eigenvalue weighted by molar-refractivity contribution is 5.82. The minimum atomic E-state index is -1.54. The fraction of sp³-hybridized carbons (Fsp3) is 0.500. The lowest BCUT2D eigenvalue weighted by atomic mass is 9.96. The molecule has 1 heterocycles. The molecule has 2 amide bonds. The highest BCUT2D eigenvalue weighted by Crippen LogP contribution is 2.28. The Morgan fingerprint density at radius 3 is 1.97 bits per heavy atom. The quantitative estimate of drug-likeness (QED) is 0.303. The summed E-state index contributed by atoms with van der Waals surface area (Å²) >= 11 is 0. The van der Waals surface area contributed by atoms with Crippen molar-refractivity contribution in [2.24, 2.45) is 0 Å². The Morgan fingerprint density at radius 1 is 0.789 bits per heavy atom. The van der Waals surface area contributed by atoms with Crippen LogP contribution in [-0.4, -0.2) is 79.7 Å². The maximum absolute atomic E-state index is 12.7. The van der Waals surface area contributed by atoms with Gasteiger partial charge in [0.1, 0.15) is 31.9 Å². The zero-order chi connectivity index (χ0) is 28.2. The molecule has 1 fully saturated rings. The summed E-state index contributed by atoms with van der Waals surface area (Å²) < 4.78 is 31.4. The van der Waals surface area contributed by atoms with Gasteiger partial charge in [-0.15, -0.1) is 0 Å². The van der Waals surface area contributed by atoms with E-state index >= 15 is 0 Å². The fourth-order valence-corrected chi connectivity index (χ4v) is 3.48. The summed E-state index contributed by atoms with van der Waals surface area (Å²) in [7, 11) is 0. The molecule has 2 N–H and O–H groups in total. The molecule has 0 aromatic heterocycles. The number of nitrogens with one attached hydrogen (secondary N) is 2. The number of benzene rings is 1. The van der Waals surface area contributed by atoms with Crippen LogP contribution in [0.5, 0.6) is 0 Å². The van der Waals surface area contributed by atoms with Crippen LogP contribution in [0.25, 0.3) is 0 Å². The number of hydrogen-bond donors (Lipinski definition) is 2. The molecule has 14 heteroatoms. The molecular formula is C24H30N2O12. The lowest BCUT2D eigenvalue weighted by Crippen LogP contribution is -2.67. The van der Waals surface area contributed by atoms with Crippen molar-refractivity contribution in [1.29, 1.82) is 0 Å². The molecule has 1 aliphatic heterocycles. The lowest BCUT2D eigenvalue weighted by molar-refractivity contribution is -0.271. The first-order valence-corrected chi connectivity index (χ1v) is 11.5. The molecule has 0 aliphatic carbocycles. The van der Waals surface area contributed by atoms with Crippen LogP contribution < -0.4 is 10.6 Å². The minimum absolute atomic E-state index is 0.0262. The molecule has 1 aromatic carbocycles. The molecular weight excluding hydrogens is 508 g/mol. The van der Waals surface area contributed by atoms with Gasteiger partial charge < -0.3 is 39.1 Å². The zero-order valence-corrected chi connectivity index (χ0v) is 21.3. The van der Waals surface area contributed by atoms with Crippen molar-refractivity contribution >= 4 is 35.9 Å². The smallest absolute Gasteiger partial charge is 0.407 e. The predicted octanol–water partition coefficient (Wildman–Crippen LogP) is 0.112. The Bertz CT molecular complexity index is 1010. The van der Waals surface area contributed by atoms with Crippen molar-refractivity contribution in [3.05, 3.63) is 35.9 Å². The minimum Gasteiger partial charge on any atom is -0.463 e. The van der Waals surface area contributed by atoms with E-state index < -0.39 is 79.7 Å². The van der Waals surface area contributed by atoms with Gasteiger partial charge in [0.15, 0.2) is 12.2 Å². The Labute approximate surface area is 218 Å². The molecule has 0 radical (unpaired) electrons. The van der Waals surface area contributed by atoms with Crippen LogP contribution in [0, 0.1) is 0 Å². The van der Waals surface area contributed by atoms with Gasteiger partial charge in [0, 0.05) is 27.7 Å². The molecule has 0 unspecified atom stereocenters. The van der Waals surface area contributed by atoms with Gasteiger partial charge in [-0.25, -0.2) is 4.79 Å². The van der Waals surface area contributed by atoms with E-state index in [0.717, 1.165) is 33.3 Å². The summed E-state index contributed by atoms with van der Waals surface area (Å²) in [5.74, 6) is -3.89. The van der Waals surface area contributed by atoms with Crippen LogP contribution in [0.2, 0.25) is 0 Å².